The summed E-state index contributed by atoms with van der Waals surface area (Å²) in [6.45, 7) is 3.65. The van der Waals surface area contributed by atoms with Crippen LogP contribution in [0.1, 0.15) is 5.56 Å². The van der Waals surface area contributed by atoms with Crippen LogP contribution in [-0.2, 0) is 0 Å². The molecule has 2 aliphatic rings. The minimum absolute atomic E-state index is 0.148. The number of nitrogens with zero attached hydrogens (tertiary/aromatic N) is 5. The fourth-order valence-electron chi connectivity index (χ4n) is 4.09. The first-order valence-electron chi connectivity index (χ1n) is 10.7. The van der Waals surface area contributed by atoms with Crippen LogP contribution in [0.4, 0.5) is 36.1 Å². The van der Waals surface area contributed by atoms with Gasteiger partial charge in [0.15, 0.2) is 11.6 Å². The maximum Gasteiger partial charge on any atom is 0.185 e. The summed E-state index contributed by atoms with van der Waals surface area (Å²) in [6, 6.07) is 4.95. The van der Waals surface area contributed by atoms with Gasteiger partial charge in [0.1, 0.15) is 35.6 Å². The van der Waals surface area contributed by atoms with Gasteiger partial charge >= 0.3 is 0 Å². The molecule has 0 bridgehead atoms. The fraction of sp³-hybridized carbons (Fsp3) is 0.261. The van der Waals surface area contributed by atoms with Crippen LogP contribution >= 0.6 is 0 Å². The van der Waals surface area contributed by atoms with Gasteiger partial charge in [0.2, 0.25) is 0 Å². The monoisotopic (exact) mass is 469 g/mol. The number of hydrogen-bond acceptors (Lipinski definition) is 8. The van der Waals surface area contributed by atoms with Crippen LogP contribution < -0.4 is 20.3 Å². The van der Waals surface area contributed by atoms with Gasteiger partial charge in [-0.2, -0.15) is 0 Å². The summed E-state index contributed by atoms with van der Waals surface area (Å²) in [6.07, 6.45) is 4.87. The molecule has 0 spiro atoms. The Kier molecular flexibility index (Phi) is 5.93. The van der Waals surface area contributed by atoms with E-state index in [-0.39, 0.29) is 5.82 Å². The van der Waals surface area contributed by atoms with Crippen LogP contribution in [-0.4, -0.2) is 60.7 Å². The van der Waals surface area contributed by atoms with E-state index in [0.717, 1.165) is 55.4 Å². The summed E-state index contributed by atoms with van der Waals surface area (Å²) in [5.74, 6) is -1.81. The van der Waals surface area contributed by atoms with Crippen LogP contribution in [0, 0.1) is 17.5 Å². The third kappa shape index (κ3) is 3.98. The summed E-state index contributed by atoms with van der Waals surface area (Å²) < 4.78 is 47.5. The first-order valence-corrected chi connectivity index (χ1v) is 10.7. The molecule has 4 heterocycles. The number of anilines is 4. The molecule has 0 saturated carbocycles. The Labute approximate surface area is 194 Å². The van der Waals surface area contributed by atoms with E-state index < -0.39 is 23.1 Å². The zero-order chi connectivity index (χ0) is 23.7. The zero-order valence-electron chi connectivity index (χ0n) is 18.4. The van der Waals surface area contributed by atoms with E-state index in [4.69, 9.17) is 9.73 Å². The number of methoxy groups -OCH3 is 1. The molecule has 2 aromatic heterocycles. The number of amidine groups is 1. The maximum atomic E-state index is 14.1. The number of pyridine rings is 2. The number of benzene rings is 1. The predicted octanol–water partition coefficient (Wildman–Crippen LogP) is 3.41. The van der Waals surface area contributed by atoms with Gasteiger partial charge in [0, 0.05) is 44.1 Å². The molecule has 1 fully saturated rings. The Morgan fingerprint density at radius 1 is 1.06 bits per heavy atom. The molecule has 0 amide bonds. The predicted molar refractivity (Wildman–Crippen MR) is 123 cm³/mol. The van der Waals surface area contributed by atoms with E-state index in [0.29, 0.717) is 18.1 Å². The lowest BCUT2D eigenvalue weighted by atomic mass is 10.1. The second-order valence-corrected chi connectivity index (χ2v) is 7.77. The smallest absolute Gasteiger partial charge is 0.185 e. The average molecular weight is 469 g/mol. The third-order valence-corrected chi connectivity index (χ3v) is 5.76. The number of aliphatic imine (C=N–C) groups is 1. The van der Waals surface area contributed by atoms with E-state index >= 15 is 0 Å². The summed E-state index contributed by atoms with van der Waals surface area (Å²) in [5.41, 5.74) is 1.66. The van der Waals surface area contributed by atoms with E-state index in [1.54, 1.807) is 31.6 Å². The number of halogens is 3. The lowest BCUT2D eigenvalue weighted by Crippen LogP contribution is -2.48. The fourth-order valence-corrected chi connectivity index (χ4v) is 4.09. The van der Waals surface area contributed by atoms with Crippen molar-refractivity contribution in [3.63, 3.8) is 0 Å². The van der Waals surface area contributed by atoms with Crippen molar-refractivity contribution in [2.45, 2.75) is 0 Å². The maximum absolute atomic E-state index is 14.1. The van der Waals surface area contributed by atoms with Crippen LogP contribution in [0.5, 0.6) is 5.75 Å². The second-order valence-electron chi connectivity index (χ2n) is 7.77. The Bertz CT molecular complexity index is 1250. The second kappa shape index (κ2) is 9.18. The molecule has 0 radical (unpaired) electrons. The molecule has 0 unspecified atom stereocenters. The van der Waals surface area contributed by atoms with Crippen molar-refractivity contribution in [2.24, 2.45) is 4.99 Å². The number of nitrogens with one attached hydrogen (secondary N) is 2. The third-order valence-electron chi connectivity index (χ3n) is 5.76. The SMILES string of the molecule is COc1cncc2c1C(N1CCNCC1)=NCN2c1ccnc(Nc2c(F)ccc(F)c2F)c1. The van der Waals surface area contributed by atoms with E-state index in [1.165, 1.54) is 6.20 Å². The topological polar surface area (TPSA) is 77.9 Å². The van der Waals surface area contributed by atoms with Crippen molar-refractivity contribution < 1.29 is 17.9 Å². The van der Waals surface area contributed by atoms with Crippen molar-refractivity contribution in [1.82, 2.24) is 20.2 Å². The van der Waals surface area contributed by atoms with Crippen molar-refractivity contribution >= 4 is 28.7 Å². The number of aromatic nitrogens is 2. The normalized spacial score (nSPS) is 15.6. The van der Waals surface area contributed by atoms with Gasteiger partial charge in [0.05, 0.1) is 30.8 Å². The standard InChI is InChI=1S/C23H22F3N7O/c1-34-18-12-28-11-17-20(18)23(32-8-6-27-7-9-32)30-13-33(17)14-4-5-29-19(10-14)31-22-16(25)3-2-15(24)21(22)26/h2-5,10-12,27H,6-9,13H2,1H3,(H,29,31). The first-order chi connectivity index (χ1) is 16.6. The zero-order valence-corrected chi connectivity index (χ0v) is 18.4. The van der Waals surface area contributed by atoms with Gasteiger partial charge < -0.3 is 25.2 Å². The molecule has 2 N–H and O–H groups in total. The largest absolute Gasteiger partial charge is 0.494 e. The molecule has 5 rings (SSSR count). The minimum Gasteiger partial charge on any atom is -0.494 e. The summed E-state index contributed by atoms with van der Waals surface area (Å²) in [5, 5.41) is 5.89. The lowest BCUT2D eigenvalue weighted by molar-refractivity contribution is 0.353. The van der Waals surface area contributed by atoms with Crippen molar-refractivity contribution in [2.75, 3.05) is 50.2 Å². The van der Waals surface area contributed by atoms with Gasteiger partial charge in [-0.15, -0.1) is 0 Å². The highest BCUT2D eigenvalue weighted by Gasteiger charge is 2.29. The summed E-state index contributed by atoms with van der Waals surface area (Å²) in [4.78, 5) is 17.4. The minimum atomic E-state index is -1.31. The molecule has 0 aliphatic carbocycles. The highest BCUT2D eigenvalue weighted by atomic mass is 19.2. The Morgan fingerprint density at radius 3 is 2.65 bits per heavy atom. The van der Waals surface area contributed by atoms with Gasteiger partial charge in [-0.1, -0.05) is 0 Å². The van der Waals surface area contributed by atoms with Crippen LogP contribution in [0.25, 0.3) is 0 Å². The Hall–Kier alpha value is -3.86. The van der Waals surface area contributed by atoms with E-state index in [2.05, 4.69) is 25.5 Å². The number of piperazine rings is 1. The highest BCUT2D eigenvalue weighted by molar-refractivity contribution is 6.08. The average Bonchev–Trinajstić information content (AvgIpc) is 2.88. The van der Waals surface area contributed by atoms with Crippen molar-refractivity contribution in [3.8, 4) is 5.75 Å². The van der Waals surface area contributed by atoms with Crippen molar-refractivity contribution in [3.05, 3.63) is 65.9 Å². The van der Waals surface area contributed by atoms with Crippen LogP contribution in [0.15, 0.2) is 47.8 Å². The molecular weight excluding hydrogens is 447 g/mol. The summed E-state index contributed by atoms with van der Waals surface area (Å²) >= 11 is 0. The van der Waals surface area contributed by atoms with E-state index in [1.807, 2.05) is 4.90 Å². The van der Waals surface area contributed by atoms with E-state index in [9.17, 15) is 13.2 Å². The Morgan fingerprint density at radius 2 is 1.85 bits per heavy atom. The first kappa shape index (κ1) is 22.0. The van der Waals surface area contributed by atoms with Gasteiger partial charge in [-0.3, -0.25) is 4.98 Å². The molecule has 3 aromatic rings. The number of rotatable bonds is 4. The molecule has 8 nitrogen and oxygen atoms in total. The van der Waals surface area contributed by atoms with Crippen molar-refractivity contribution in [1.29, 1.82) is 0 Å². The van der Waals surface area contributed by atoms with Gasteiger partial charge in [-0.25, -0.2) is 23.1 Å². The number of ether oxygens (including phenoxy) is 1. The molecule has 1 aromatic carbocycles. The lowest BCUT2D eigenvalue weighted by Gasteiger charge is -2.37. The Balaban J connectivity index is 1.51. The molecular formula is C23H22F3N7O. The molecule has 176 valence electrons. The molecule has 34 heavy (non-hydrogen) atoms. The highest BCUT2D eigenvalue weighted by Crippen LogP contribution is 2.38. The number of hydrogen-bond donors (Lipinski definition) is 2. The van der Waals surface area contributed by atoms with Crippen LogP contribution in [0.2, 0.25) is 0 Å². The molecule has 2 aliphatic heterocycles. The summed E-state index contributed by atoms with van der Waals surface area (Å²) in [7, 11) is 1.59. The molecule has 1 saturated heterocycles. The van der Waals surface area contributed by atoms with Gasteiger partial charge in [0.25, 0.3) is 0 Å². The molecule has 0 atom stereocenters. The van der Waals surface area contributed by atoms with Gasteiger partial charge in [-0.05, 0) is 18.2 Å². The number of fused-ring (bicyclic) bond motifs is 1. The quantitative estimate of drug-likeness (QED) is 0.567. The molecule has 11 heteroatoms. The van der Waals surface area contributed by atoms with Crippen LogP contribution in [0.3, 0.4) is 0 Å².